The third-order valence-corrected chi connectivity index (χ3v) is 5.15. The first-order chi connectivity index (χ1) is 14.7. The van der Waals surface area contributed by atoms with E-state index >= 15 is 0 Å². The molecule has 164 valence electrons. The summed E-state index contributed by atoms with van der Waals surface area (Å²) >= 11 is 1.16. The minimum Gasteiger partial charge on any atom is -0.493 e. The number of halogens is 3. The molecule has 0 aliphatic rings. The number of benzene rings is 2. The molecule has 3 rings (SSSR count). The third-order valence-electron chi connectivity index (χ3n) is 4.21. The first-order valence-corrected chi connectivity index (χ1v) is 10.1. The molecule has 0 spiro atoms. The van der Waals surface area contributed by atoms with E-state index in [0.717, 1.165) is 23.9 Å². The molecule has 0 radical (unpaired) electrons. The zero-order valence-corrected chi connectivity index (χ0v) is 17.3. The summed E-state index contributed by atoms with van der Waals surface area (Å²) in [6.07, 6.45) is -4.49. The standard InChI is InChI=1S/C20H18F3N3O4S/c1-29-15-7-13-14(8-16(15)30-2)25-17(26-19(13)28)9-31-10-18(27)24-12-5-3-4-11(6-12)20(21,22)23/h3-8H,9-10H2,1-2H3,(H,24,27)(H,25,26,28). The molecular formula is C20H18F3N3O4S. The number of rotatable bonds is 7. The van der Waals surface area contributed by atoms with Gasteiger partial charge in [0.2, 0.25) is 5.91 Å². The van der Waals surface area contributed by atoms with E-state index in [-0.39, 0.29) is 22.8 Å². The summed E-state index contributed by atoms with van der Waals surface area (Å²) in [6, 6.07) is 7.50. The smallest absolute Gasteiger partial charge is 0.416 e. The van der Waals surface area contributed by atoms with Gasteiger partial charge in [0.25, 0.3) is 5.56 Å². The molecule has 0 unspecified atom stereocenters. The van der Waals surface area contributed by atoms with Gasteiger partial charge in [0.1, 0.15) is 5.82 Å². The topological polar surface area (TPSA) is 93.3 Å². The fourth-order valence-corrected chi connectivity index (χ4v) is 3.48. The molecule has 0 aliphatic carbocycles. The highest BCUT2D eigenvalue weighted by molar-refractivity contribution is 7.99. The fourth-order valence-electron chi connectivity index (χ4n) is 2.79. The first-order valence-electron chi connectivity index (χ1n) is 8.91. The van der Waals surface area contributed by atoms with Crippen LogP contribution in [0, 0.1) is 0 Å². The average Bonchev–Trinajstić information content (AvgIpc) is 2.72. The van der Waals surface area contributed by atoms with E-state index < -0.39 is 17.6 Å². The second kappa shape index (κ2) is 9.29. The lowest BCUT2D eigenvalue weighted by atomic mass is 10.2. The van der Waals surface area contributed by atoms with Crippen molar-refractivity contribution in [2.45, 2.75) is 11.9 Å². The minimum atomic E-state index is -4.49. The van der Waals surface area contributed by atoms with Crippen molar-refractivity contribution in [1.82, 2.24) is 9.97 Å². The molecule has 0 fully saturated rings. The van der Waals surface area contributed by atoms with E-state index in [4.69, 9.17) is 9.47 Å². The number of thioether (sulfide) groups is 1. The van der Waals surface area contributed by atoms with Crippen LogP contribution >= 0.6 is 11.8 Å². The maximum Gasteiger partial charge on any atom is 0.416 e. The quantitative estimate of drug-likeness (QED) is 0.565. The number of H-pyrrole nitrogens is 1. The van der Waals surface area contributed by atoms with Gasteiger partial charge in [-0.2, -0.15) is 13.2 Å². The molecule has 0 bridgehead atoms. The summed E-state index contributed by atoms with van der Waals surface area (Å²) in [5, 5.41) is 2.75. The predicted octanol–water partition coefficient (Wildman–Crippen LogP) is 3.83. The third kappa shape index (κ3) is 5.48. The molecule has 3 aromatic rings. The number of anilines is 1. The molecule has 2 N–H and O–H groups in total. The van der Waals surface area contributed by atoms with E-state index in [2.05, 4.69) is 15.3 Å². The van der Waals surface area contributed by atoms with Crippen LogP contribution in [0.3, 0.4) is 0 Å². The van der Waals surface area contributed by atoms with Gasteiger partial charge in [0, 0.05) is 11.8 Å². The molecule has 31 heavy (non-hydrogen) atoms. The number of alkyl halides is 3. The van der Waals surface area contributed by atoms with Crippen molar-refractivity contribution < 1.29 is 27.4 Å². The summed E-state index contributed by atoms with van der Waals surface area (Å²) in [4.78, 5) is 31.4. The van der Waals surface area contributed by atoms with E-state index in [9.17, 15) is 22.8 Å². The van der Waals surface area contributed by atoms with Crippen LogP contribution in [0.4, 0.5) is 18.9 Å². The minimum absolute atomic E-state index is 0.0378. The predicted molar refractivity (Wildman–Crippen MR) is 112 cm³/mol. The number of carbonyl (C=O) groups is 1. The number of aromatic nitrogens is 2. The van der Waals surface area contributed by atoms with Crippen LogP contribution in [0.15, 0.2) is 41.2 Å². The number of fused-ring (bicyclic) bond motifs is 1. The van der Waals surface area contributed by atoms with Gasteiger partial charge < -0.3 is 19.8 Å². The number of hydrogen-bond donors (Lipinski definition) is 2. The van der Waals surface area contributed by atoms with Crippen molar-refractivity contribution in [2.75, 3.05) is 25.3 Å². The number of nitrogens with one attached hydrogen (secondary N) is 2. The molecule has 2 aromatic carbocycles. The molecule has 0 atom stereocenters. The van der Waals surface area contributed by atoms with Crippen LogP contribution in [0.25, 0.3) is 10.9 Å². The normalized spacial score (nSPS) is 11.4. The van der Waals surface area contributed by atoms with Gasteiger partial charge >= 0.3 is 6.18 Å². The Morgan fingerprint density at radius 2 is 1.87 bits per heavy atom. The van der Waals surface area contributed by atoms with Gasteiger partial charge in [0.05, 0.1) is 42.2 Å². The van der Waals surface area contributed by atoms with E-state index in [0.29, 0.717) is 28.2 Å². The van der Waals surface area contributed by atoms with Crippen molar-refractivity contribution in [3.8, 4) is 11.5 Å². The lowest BCUT2D eigenvalue weighted by Crippen LogP contribution is -2.16. The SMILES string of the molecule is COc1cc2nc(CSCC(=O)Nc3cccc(C(F)(F)F)c3)[nH]c(=O)c2cc1OC. The molecule has 0 saturated carbocycles. The van der Waals surface area contributed by atoms with Gasteiger partial charge in [-0.25, -0.2) is 4.98 Å². The molecular weight excluding hydrogens is 435 g/mol. The van der Waals surface area contributed by atoms with Gasteiger partial charge in [-0.05, 0) is 24.3 Å². The number of aromatic amines is 1. The number of carbonyl (C=O) groups excluding carboxylic acids is 1. The second-order valence-corrected chi connectivity index (χ2v) is 7.34. The van der Waals surface area contributed by atoms with Crippen molar-refractivity contribution in [3.63, 3.8) is 0 Å². The molecule has 1 heterocycles. The van der Waals surface area contributed by atoms with Crippen LogP contribution in [0.5, 0.6) is 11.5 Å². The van der Waals surface area contributed by atoms with Crippen molar-refractivity contribution >= 4 is 34.3 Å². The zero-order valence-electron chi connectivity index (χ0n) is 16.5. The molecule has 11 heteroatoms. The molecule has 7 nitrogen and oxygen atoms in total. The van der Waals surface area contributed by atoms with Crippen LogP contribution in [-0.4, -0.2) is 35.8 Å². The van der Waals surface area contributed by atoms with Crippen LogP contribution < -0.4 is 20.3 Å². The maximum absolute atomic E-state index is 12.8. The Bertz CT molecular complexity index is 1160. The Morgan fingerprint density at radius 3 is 2.55 bits per heavy atom. The van der Waals surface area contributed by atoms with E-state index in [1.165, 1.54) is 32.4 Å². The van der Waals surface area contributed by atoms with Crippen LogP contribution in [0.2, 0.25) is 0 Å². The summed E-state index contributed by atoms with van der Waals surface area (Å²) in [6.45, 7) is 0. The number of ether oxygens (including phenoxy) is 2. The number of amides is 1. The van der Waals surface area contributed by atoms with Gasteiger partial charge in [-0.3, -0.25) is 9.59 Å². The fraction of sp³-hybridized carbons (Fsp3) is 0.250. The molecule has 0 aliphatic heterocycles. The van der Waals surface area contributed by atoms with Gasteiger partial charge in [0.15, 0.2) is 11.5 Å². The highest BCUT2D eigenvalue weighted by Gasteiger charge is 2.30. The Morgan fingerprint density at radius 1 is 1.16 bits per heavy atom. The Labute approximate surface area is 179 Å². The summed E-state index contributed by atoms with van der Waals surface area (Å²) in [5.41, 5.74) is -0.748. The lowest BCUT2D eigenvalue weighted by Gasteiger charge is -2.10. The molecule has 1 aromatic heterocycles. The van der Waals surface area contributed by atoms with Crippen LogP contribution in [-0.2, 0) is 16.7 Å². The highest BCUT2D eigenvalue weighted by Crippen LogP contribution is 2.31. The molecule has 0 saturated heterocycles. The lowest BCUT2D eigenvalue weighted by molar-refractivity contribution is -0.137. The largest absolute Gasteiger partial charge is 0.493 e. The van der Waals surface area contributed by atoms with Gasteiger partial charge in [-0.1, -0.05) is 6.07 Å². The number of nitrogens with zero attached hydrogens (tertiary/aromatic N) is 1. The van der Waals surface area contributed by atoms with Crippen molar-refractivity contribution in [2.24, 2.45) is 0 Å². The van der Waals surface area contributed by atoms with Gasteiger partial charge in [-0.15, -0.1) is 11.8 Å². The number of hydrogen-bond acceptors (Lipinski definition) is 6. The average molecular weight is 453 g/mol. The summed E-state index contributed by atoms with van der Waals surface area (Å²) < 4.78 is 48.7. The van der Waals surface area contributed by atoms with Crippen LogP contribution in [0.1, 0.15) is 11.4 Å². The van der Waals surface area contributed by atoms with Crippen molar-refractivity contribution in [3.05, 3.63) is 58.1 Å². The maximum atomic E-state index is 12.8. The van der Waals surface area contributed by atoms with E-state index in [1.54, 1.807) is 6.07 Å². The zero-order chi connectivity index (χ0) is 22.6. The summed E-state index contributed by atoms with van der Waals surface area (Å²) in [5.74, 6) is 0.878. The van der Waals surface area contributed by atoms with E-state index in [1.807, 2.05) is 0 Å². The second-order valence-electron chi connectivity index (χ2n) is 6.36. The monoisotopic (exact) mass is 453 g/mol. The van der Waals surface area contributed by atoms with Crippen molar-refractivity contribution in [1.29, 1.82) is 0 Å². The summed E-state index contributed by atoms with van der Waals surface area (Å²) in [7, 11) is 2.93. The Hall–Kier alpha value is -3.21. The first kappa shape index (κ1) is 22.5. The Balaban J connectivity index is 1.65. The number of methoxy groups -OCH3 is 2. The Kier molecular flexibility index (Phi) is 6.74. The highest BCUT2D eigenvalue weighted by atomic mass is 32.2. The molecule has 1 amide bonds.